The minimum absolute atomic E-state index is 0.0248. The first-order valence-corrected chi connectivity index (χ1v) is 7.71. The summed E-state index contributed by atoms with van der Waals surface area (Å²) < 4.78 is 5.57. The number of anilines is 1. The summed E-state index contributed by atoms with van der Waals surface area (Å²) in [6.45, 7) is 0. The molecule has 130 valence electrons. The highest BCUT2D eigenvalue weighted by molar-refractivity contribution is 5.94. The van der Waals surface area contributed by atoms with Gasteiger partial charge in [0.25, 0.3) is 5.91 Å². The third-order valence-electron chi connectivity index (χ3n) is 3.56. The molecule has 0 unspecified atom stereocenters. The number of benzene rings is 1. The smallest absolute Gasteiger partial charge is 0.329 e. The SMILES string of the molecule is CN(C)C(=O)c1cccc(Oc2ncc([N+](=O)[O-])c(NC3CC3)n2)c1. The van der Waals surface area contributed by atoms with Crippen LogP contribution in [0.3, 0.4) is 0 Å². The average Bonchev–Trinajstić information content (AvgIpc) is 3.38. The lowest BCUT2D eigenvalue weighted by molar-refractivity contribution is -0.384. The molecule has 1 aromatic carbocycles. The highest BCUT2D eigenvalue weighted by atomic mass is 16.6. The van der Waals surface area contributed by atoms with Crippen molar-refractivity contribution in [1.82, 2.24) is 14.9 Å². The van der Waals surface area contributed by atoms with Gasteiger partial charge >= 0.3 is 11.7 Å². The Labute approximate surface area is 143 Å². The molecule has 0 saturated heterocycles. The maximum atomic E-state index is 12.0. The van der Waals surface area contributed by atoms with Crippen LogP contribution in [0, 0.1) is 10.1 Å². The molecule has 1 aliphatic rings. The first kappa shape index (κ1) is 16.6. The van der Waals surface area contributed by atoms with Crippen LogP contribution in [0.25, 0.3) is 0 Å². The van der Waals surface area contributed by atoms with Crippen LogP contribution in [-0.4, -0.2) is 45.8 Å². The number of nitro groups is 1. The van der Waals surface area contributed by atoms with Gasteiger partial charge in [-0.05, 0) is 31.0 Å². The second-order valence-electron chi connectivity index (χ2n) is 5.89. The van der Waals surface area contributed by atoms with E-state index in [2.05, 4.69) is 15.3 Å². The van der Waals surface area contributed by atoms with Gasteiger partial charge in [0.2, 0.25) is 5.82 Å². The maximum Gasteiger partial charge on any atom is 0.329 e. The predicted molar refractivity (Wildman–Crippen MR) is 89.9 cm³/mol. The molecule has 1 amide bonds. The van der Waals surface area contributed by atoms with Gasteiger partial charge in [0.05, 0.1) is 4.92 Å². The van der Waals surface area contributed by atoms with Gasteiger partial charge in [-0.3, -0.25) is 14.9 Å². The minimum Gasteiger partial charge on any atom is -0.424 e. The number of amides is 1. The number of carbonyl (C=O) groups is 1. The molecule has 1 heterocycles. The maximum absolute atomic E-state index is 12.0. The molecule has 1 fully saturated rings. The van der Waals surface area contributed by atoms with Crippen molar-refractivity contribution in [3.8, 4) is 11.8 Å². The second kappa shape index (κ2) is 6.71. The fourth-order valence-electron chi connectivity index (χ4n) is 2.13. The quantitative estimate of drug-likeness (QED) is 0.633. The van der Waals surface area contributed by atoms with Gasteiger partial charge in [-0.1, -0.05) is 6.07 Å². The standard InChI is InChI=1S/C16H17N5O4/c1-20(2)15(22)10-4-3-5-12(8-10)25-16-17-9-13(21(23)24)14(19-16)18-11-6-7-11/h3-5,8-9,11H,6-7H2,1-2H3,(H,17,18,19). The number of aromatic nitrogens is 2. The van der Waals surface area contributed by atoms with E-state index in [0.29, 0.717) is 11.3 Å². The van der Waals surface area contributed by atoms with E-state index in [1.165, 1.54) is 4.90 Å². The van der Waals surface area contributed by atoms with E-state index >= 15 is 0 Å². The van der Waals surface area contributed by atoms with Gasteiger partial charge in [-0.15, -0.1) is 0 Å². The Morgan fingerprint density at radius 2 is 2.16 bits per heavy atom. The zero-order valence-electron chi connectivity index (χ0n) is 13.8. The Bertz CT molecular complexity index is 820. The van der Waals surface area contributed by atoms with Crippen LogP contribution >= 0.6 is 0 Å². The lowest BCUT2D eigenvalue weighted by Crippen LogP contribution is -2.21. The van der Waals surface area contributed by atoms with E-state index in [-0.39, 0.29) is 29.5 Å². The van der Waals surface area contributed by atoms with Gasteiger partial charge in [0.1, 0.15) is 11.9 Å². The Kier molecular flexibility index (Phi) is 4.46. The van der Waals surface area contributed by atoms with E-state index in [4.69, 9.17) is 4.74 Å². The van der Waals surface area contributed by atoms with E-state index in [1.807, 2.05) is 0 Å². The molecule has 25 heavy (non-hydrogen) atoms. The Balaban J connectivity index is 1.84. The van der Waals surface area contributed by atoms with Crippen molar-refractivity contribution in [3.05, 3.63) is 46.1 Å². The van der Waals surface area contributed by atoms with Crippen LogP contribution in [0.15, 0.2) is 30.5 Å². The molecule has 0 atom stereocenters. The van der Waals surface area contributed by atoms with Crippen molar-refractivity contribution in [2.45, 2.75) is 18.9 Å². The molecule has 2 aromatic rings. The molecule has 0 spiro atoms. The third kappa shape index (κ3) is 4.00. The van der Waals surface area contributed by atoms with Crippen LogP contribution in [0.4, 0.5) is 11.5 Å². The zero-order valence-corrected chi connectivity index (χ0v) is 13.8. The minimum atomic E-state index is -0.537. The van der Waals surface area contributed by atoms with Crippen molar-refractivity contribution in [2.24, 2.45) is 0 Å². The van der Waals surface area contributed by atoms with Gasteiger partial charge in [-0.2, -0.15) is 9.97 Å². The van der Waals surface area contributed by atoms with Gasteiger partial charge in [-0.25, -0.2) is 0 Å². The van der Waals surface area contributed by atoms with Crippen molar-refractivity contribution >= 4 is 17.4 Å². The summed E-state index contributed by atoms with van der Waals surface area (Å²) in [6, 6.07) is 6.75. The summed E-state index contributed by atoms with van der Waals surface area (Å²) >= 11 is 0. The van der Waals surface area contributed by atoms with E-state index in [9.17, 15) is 14.9 Å². The molecular formula is C16H17N5O4. The fraction of sp³-hybridized carbons (Fsp3) is 0.312. The highest BCUT2D eigenvalue weighted by Gasteiger charge is 2.27. The lowest BCUT2D eigenvalue weighted by atomic mass is 10.2. The van der Waals surface area contributed by atoms with Gasteiger partial charge < -0.3 is 15.0 Å². The molecule has 9 nitrogen and oxygen atoms in total. The number of hydrogen-bond acceptors (Lipinski definition) is 7. The van der Waals surface area contributed by atoms with Gasteiger partial charge in [0, 0.05) is 25.7 Å². The van der Waals surface area contributed by atoms with Crippen molar-refractivity contribution in [2.75, 3.05) is 19.4 Å². The molecule has 0 radical (unpaired) electrons. The van der Waals surface area contributed by atoms with Crippen molar-refractivity contribution in [3.63, 3.8) is 0 Å². The van der Waals surface area contributed by atoms with Crippen LogP contribution in [0.5, 0.6) is 11.8 Å². The molecule has 0 aliphatic heterocycles. The molecule has 3 rings (SSSR count). The first-order valence-electron chi connectivity index (χ1n) is 7.71. The summed E-state index contributed by atoms with van der Waals surface area (Å²) in [4.78, 5) is 32.0. The fourth-order valence-corrected chi connectivity index (χ4v) is 2.13. The topological polar surface area (TPSA) is 110 Å². The molecule has 9 heteroatoms. The Morgan fingerprint density at radius 3 is 2.80 bits per heavy atom. The first-order chi connectivity index (χ1) is 11.9. The van der Waals surface area contributed by atoms with Gasteiger partial charge in [0.15, 0.2) is 0 Å². The van der Waals surface area contributed by atoms with E-state index < -0.39 is 4.92 Å². The third-order valence-corrected chi connectivity index (χ3v) is 3.56. The lowest BCUT2D eigenvalue weighted by Gasteiger charge is -2.11. The summed E-state index contributed by atoms with van der Waals surface area (Å²) in [5, 5.41) is 14.1. The molecular weight excluding hydrogens is 326 g/mol. The number of rotatable bonds is 6. The number of carbonyl (C=O) groups excluding carboxylic acids is 1. The second-order valence-corrected chi connectivity index (χ2v) is 5.89. The number of hydrogen-bond donors (Lipinski definition) is 1. The number of nitrogens with one attached hydrogen (secondary N) is 1. The van der Waals surface area contributed by atoms with Crippen LogP contribution in [-0.2, 0) is 0 Å². The van der Waals surface area contributed by atoms with Crippen LogP contribution in [0.1, 0.15) is 23.2 Å². The Morgan fingerprint density at radius 1 is 1.40 bits per heavy atom. The molecule has 1 aliphatic carbocycles. The Hall–Kier alpha value is -3.23. The molecule has 0 bridgehead atoms. The number of ether oxygens (including phenoxy) is 1. The summed E-state index contributed by atoms with van der Waals surface area (Å²) in [7, 11) is 3.32. The van der Waals surface area contributed by atoms with E-state index in [0.717, 1.165) is 19.0 Å². The van der Waals surface area contributed by atoms with Crippen LogP contribution < -0.4 is 10.1 Å². The summed E-state index contributed by atoms with van der Waals surface area (Å²) in [5.74, 6) is 0.350. The zero-order chi connectivity index (χ0) is 18.0. The summed E-state index contributed by atoms with van der Waals surface area (Å²) in [5.41, 5.74) is 0.261. The average molecular weight is 343 g/mol. The van der Waals surface area contributed by atoms with Crippen molar-refractivity contribution in [1.29, 1.82) is 0 Å². The van der Waals surface area contributed by atoms with Crippen molar-refractivity contribution < 1.29 is 14.5 Å². The largest absolute Gasteiger partial charge is 0.424 e. The van der Waals surface area contributed by atoms with E-state index in [1.54, 1.807) is 38.4 Å². The molecule has 1 N–H and O–H groups in total. The van der Waals surface area contributed by atoms with Crippen LogP contribution in [0.2, 0.25) is 0 Å². The molecule has 1 saturated carbocycles. The summed E-state index contributed by atoms with van der Waals surface area (Å²) in [6.07, 6.45) is 3.01. The normalized spacial score (nSPS) is 13.2. The molecule has 1 aromatic heterocycles. The number of nitrogens with zero attached hydrogens (tertiary/aromatic N) is 4. The predicted octanol–water partition coefficient (Wildman–Crippen LogP) is 2.45. The monoisotopic (exact) mass is 343 g/mol. The highest BCUT2D eigenvalue weighted by Crippen LogP contribution is 2.30.